The lowest BCUT2D eigenvalue weighted by atomic mass is 9.94. The van der Waals surface area contributed by atoms with Crippen molar-refractivity contribution >= 4 is 11.3 Å². The zero-order valence-corrected chi connectivity index (χ0v) is 19.1. The largest absolute Gasteiger partial charge is 0.489 e. The zero-order chi connectivity index (χ0) is 22.6. The van der Waals surface area contributed by atoms with Gasteiger partial charge in [0.2, 0.25) is 0 Å². The number of benzene rings is 3. The van der Waals surface area contributed by atoms with Crippen LogP contribution in [0, 0.1) is 5.92 Å². The van der Waals surface area contributed by atoms with Crippen molar-refractivity contribution in [3.05, 3.63) is 95.6 Å². The first-order chi connectivity index (χ1) is 16.2. The molecule has 2 heterocycles. The molecule has 2 aliphatic rings. The van der Waals surface area contributed by atoms with Crippen molar-refractivity contribution < 1.29 is 18.9 Å². The van der Waals surface area contributed by atoms with Crippen LogP contribution in [0.2, 0.25) is 0 Å². The summed E-state index contributed by atoms with van der Waals surface area (Å²) in [5.74, 6) is 2.08. The van der Waals surface area contributed by atoms with E-state index in [1.165, 1.54) is 16.8 Å². The average Bonchev–Trinajstić information content (AvgIpc) is 2.85. The molecule has 3 aromatic carbocycles. The summed E-state index contributed by atoms with van der Waals surface area (Å²) in [4.78, 5) is 2.35. The van der Waals surface area contributed by atoms with Gasteiger partial charge in [-0.25, -0.2) is 0 Å². The van der Waals surface area contributed by atoms with Crippen LogP contribution in [0.1, 0.15) is 16.7 Å². The Morgan fingerprint density at radius 1 is 0.939 bits per heavy atom. The lowest BCUT2D eigenvalue weighted by Crippen LogP contribution is -2.53. The molecule has 170 valence electrons. The minimum Gasteiger partial charge on any atom is -0.489 e. The summed E-state index contributed by atoms with van der Waals surface area (Å²) in [6.45, 7) is 2.97. The predicted molar refractivity (Wildman–Crippen MR) is 130 cm³/mol. The van der Waals surface area contributed by atoms with Gasteiger partial charge in [0.25, 0.3) is 0 Å². The Balaban J connectivity index is 1.26. The van der Waals surface area contributed by atoms with E-state index in [-0.39, 0.29) is 6.29 Å². The van der Waals surface area contributed by atoms with E-state index in [4.69, 9.17) is 18.9 Å². The van der Waals surface area contributed by atoms with Crippen LogP contribution in [-0.2, 0) is 16.1 Å². The molecular weight excluding hydrogens is 414 g/mol. The van der Waals surface area contributed by atoms with E-state index in [1.807, 2.05) is 30.3 Å². The summed E-state index contributed by atoms with van der Waals surface area (Å²) in [5, 5.41) is 0. The lowest BCUT2D eigenvalue weighted by molar-refractivity contribution is -0.142. The Morgan fingerprint density at radius 3 is 2.42 bits per heavy atom. The molecule has 0 aromatic heterocycles. The molecule has 1 saturated heterocycles. The fourth-order valence-corrected chi connectivity index (χ4v) is 4.50. The summed E-state index contributed by atoms with van der Waals surface area (Å²) < 4.78 is 22.7. The molecule has 5 rings (SSSR count). The second-order valence-corrected chi connectivity index (χ2v) is 8.41. The molecule has 3 aromatic rings. The number of methoxy groups -OCH3 is 2. The molecule has 2 aliphatic heterocycles. The second kappa shape index (κ2) is 9.69. The summed E-state index contributed by atoms with van der Waals surface area (Å²) in [7, 11) is 3.40. The number of rotatable bonds is 8. The standard InChI is InChI=1S/C28H29NO4/c1-30-28(31-2)22-17-29(18-22)23-10-8-21(9-11-23)25-14-15-32-27-16-24(12-13-26(25)27)33-19-20-6-4-3-5-7-20/h3-14,16,22,28H,15,17-19H2,1-2H3. The summed E-state index contributed by atoms with van der Waals surface area (Å²) in [6.07, 6.45) is 2.01. The topological polar surface area (TPSA) is 40.2 Å². The number of ether oxygens (including phenoxy) is 4. The van der Waals surface area contributed by atoms with E-state index >= 15 is 0 Å². The molecule has 0 aliphatic carbocycles. The molecule has 0 bridgehead atoms. The van der Waals surface area contributed by atoms with E-state index < -0.39 is 0 Å². The minimum absolute atomic E-state index is 0.133. The van der Waals surface area contributed by atoms with Crippen LogP contribution >= 0.6 is 0 Å². The van der Waals surface area contributed by atoms with Gasteiger partial charge in [-0.2, -0.15) is 0 Å². The zero-order valence-electron chi connectivity index (χ0n) is 19.1. The minimum atomic E-state index is -0.133. The van der Waals surface area contributed by atoms with Gasteiger partial charge in [-0.05, 0) is 47.0 Å². The van der Waals surface area contributed by atoms with Crippen molar-refractivity contribution in [1.29, 1.82) is 0 Å². The maximum atomic E-state index is 5.98. The normalized spacial score (nSPS) is 15.5. The number of hydrogen-bond donors (Lipinski definition) is 0. The second-order valence-electron chi connectivity index (χ2n) is 8.41. The van der Waals surface area contributed by atoms with Crippen molar-refractivity contribution in [3.8, 4) is 11.5 Å². The predicted octanol–water partition coefficient (Wildman–Crippen LogP) is 5.14. The van der Waals surface area contributed by atoms with Crippen LogP contribution in [-0.4, -0.2) is 40.2 Å². The van der Waals surface area contributed by atoms with E-state index in [9.17, 15) is 0 Å². The number of anilines is 1. The maximum Gasteiger partial charge on any atom is 0.162 e. The van der Waals surface area contributed by atoms with Gasteiger partial charge in [0.1, 0.15) is 24.7 Å². The Morgan fingerprint density at radius 2 is 1.70 bits per heavy atom. The number of hydrogen-bond acceptors (Lipinski definition) is 5. The van der Waals surface area contributed by atoms with Gasteiger partial charge in [-0.3, -0.25) is 0 Å². The summed E-state index contributed by atoms with van der Waals surface area (Å²) in [5.41, 5.74) is 5.83. The molecule has 0 N–H and O–H groups in total. The monoisotopic (exact) mass is 443 g/mol. The third kappa shape index (κ3) is 4.61. The first-order valence-corrected chi connectivity index (χ1v) is 11.3. The highest BCUT2D eigenvalue weighted by atomic mass is 16.7. The number of fused-ring (bicyclic) bond motifs is 1. The quantitative estimate of drug-likeness (QED) is 0.451. The van der Waals surface area contributed by atoms with E-state index in [1.54, 1.807) is 14.2 Å². The van der Waals surface area contributed by atoms with Crippen LogP contribution in [0.25, 0.3) is 5.57 Å². The average molecular weight is 444 g/mol. The molecule has 0 spiro atoms. The van der Waals surface area contributed by atoms with E-state index in [0.717, 1.165) is 35.7 Å². The Labute approximate surface area is 195 Å². The fourth-order valence-electron chi connectivity index (χ4n) is 4.50. The van der Waals surface area contributed by atoms with Gasteiger partial charge in [0, 0.05) is 50.5 Å². The summed E-state index contributed by atoms with van der Waals surface area (Å²) in [6, 6.07) is 25.0. The first-order valence-electron chi connectivity index (χ1n) is 11.3. The molecule has 5 heteroatoms. The van der Waals surface area contributed by atoms with Crippen molar-refractivity contribution in [2.24, 2.45) is 5.92 Å². The van der Waals surface area contributed by atoms with Crippen molar-refractivity contribution in [2.45, 2.75) is 12.9 Å². The van der Waals surface area contributed by atoms with Crippen LogP contribution in [0.5, 0.6) is 11.5 Å². The van der Waals surface area contributed by atoms with Crippen LogP contribution in [0.3, 0.4) is 0 Å². The molecule has 5 nitrogen and oxygen atoms in total. The molecule has 0 amide bonds. The summed E-state index contributed by atoms with van der Waals surface area (Å²) >= 11 is 0. The SMILES string of the molecule is COC(OC)C1CN(c2ccc(C3=CCOc4cc(OCc5ccccc5)ccc43)cc2)C1. The molecule has 0 unspecified atom stereocenters. The highest BCUT2D eigenvalue weighted by Gasteiger charge is 2.34. The van der Waals surface area contributed by atoms with E-state index in [2.05, 4.69) is 53.4 Å². The van der Waals surface area contributed by atoms with Crippen molar-refractivity contribution in [3.63, 3.8) is 0 Å². The van der Waals surface area contributed by atoms with E-state index in [0.29, 0.717) is 19.1 Å². The van der Waals surface area contributed by atoms with Crippen LogP contribution in [0.4, 0.5) is 5.69 Å². The molecular formula is C28H29NO4. The van der Waals surface area contributed by atoms with Gasteiger partial charge < -0.3 is 23.8 Å². The lowest BCUT2D eigenvalue weighted by Gasteiger charge is -2.43. The van der Waals surface area contributed by atoms with Crippen molar-refractivity contribution in [1.82, 2.24) is 0 Å². The Kier molecular flexibility index (Phi) is 6.33. The molecule has 0 atom stereocenters. The maximum absolute atomic E-state index is 5.98. The van der Waals surface area contributed by atoms with Gasteiger partial charge in [-0.1, -0.05) is 42.5 Å². The third-order valence-corrected chi connectivity index (χ3v) is 6.32. The highest BCUT2D eigenvalue weighted by Crippen LogP contribution is 2.38. The smallest absolute Gasteiger partial charge is 0.162 e. The van der Waals surface area contributed by atoms with Crippen LogP contribution < -0.4 is 14.4 Å². The fraction of sp³-hybridized carbons (Fsp3) is 0.286. The molecule has 0 saturated carbocycles. The van der Waals surface area contributed by atoms with Gasteiger partial charge >= 0.3 is 0 Å². The highest BCUT2D eigenvalue weighted by molar-refractivity contribution is 5.84. The number of nitrogens with zero attached hydrogens (tertiary/aromatic N) is 1. The Hall–Kier alpha value is -3.28. The molecule has 33 heavy (non-hydrogen) atoms. The van der Waals surface area contributed by atoms with Gasteiger partial charge in [-0.15, -0.1) is 0 Å². The third-order valence-electron chi connectivity index (χ3n) is 6.32. The molecule has 1 fully saturated rings. The Bertz CT molecular complexity index is 1100. The first kappa shape index (κ1) is 21.6. The van der Waals surface area contributed by atoms with Gasteiger partial charge in [0.05, 0.1) is 0 Å². The van der Waals surface area contributed by atoms with Crippen LogP contribution in [0.15, 0.2) is 78.9 Å². The molecule has 0 radical (unpaired) electrons. The van der Waals surface area contributed by atoms with Crippen molar-refractivity contribution in [2.75, 3.05) is 38.8 Å². The van der Waals surface area contributed by atoms with Gasteiger partial charge in [0.15, 0.2) is 6.29 Å².